The Morgan fingerprint density at radius 2 is 1.94 bits per heavy atom. The summed E-state index contributed by atoms with van der Waals surface area (Å²) < 4.78 is 1.50. The van der Waals surface area contributed by atoms with E-state index in [-0.39, 0.29) is 36.0 Å². The predicted octanol–water partition coefficient (Wildman–Crippen LogP) is 1.86. The number of benzene rings is 1. The van der Waals surface area contributed by atoms with Crippen LogP contribution in [-0.4, -0.2) is 49.5 Å². The van der Waals surface area contributed by atoms with Gasteiger partial charge in [-0.1, -0.05) is 24.3 Å². The first-order chi connectivity index (χ1) is 15.4. The van der Waals surface area contributed by atoms with Crippen molar-refractivity contribution in [3.05, 3.63) is 53.9 Å². The van der Waals surface area contributed by atoms with E-state index in [1.807, 2.05) is 25.1 Å². The molecule has 2 fully saturated rings. The van der Waals surface area contributed by atoms with Gasteiger partial charge < -0.3 is 16.0 Å². The van der Waals surface area contributed by atoms with E-state index in [2.05, 4.69) is 15.4 Å². The maximum atomic E-state index is 13.4. The van der Waals surface area contributed by atoms with Crippen molar-refractivity contribution in [2.75, 3.05) is 5.32 Å². The molecule has 3 aromatic rings. The maximum Gasteiger partial charge on any atom is 0.269 e. The number of primary amides is 1. The van der Waals surface area contributed by atoms with Crippen molar-refractivity contribution in [1.29, 1.82) is 0 Å². The molecule has 5 rings (SSSR count). The lowest BCUT2D eigenvalue weighted by Crippen LogP contribution is -2.52. The van der Waals surface area contributed by atoms with Crippen LogP contribution in [0.3, 0.4) is 0 Å². The molecular weight excluding hydrogens is 408 g/mol. The van der Waals surface area contributed by atoms with Crippen LogP contribution in [0.25, 0.3) is 10.9 Å². The number of rotatable bonds is 5. The molecule has 0 spiro atoms. The molecule has 1 saturated carbocycles. The fourth-order valence-electron chi connectivity index (χ4n) is 5.14. The number of carbonyl (C=O) groups excluding carboxylic acids is 3. The second-order valence-corrected chi connectivity index (χ2v) is 8.51. The number of aromatic nitrogens is 3. The van der Waals surface area contributed by atoms with Gasteiger partial charge in [0.15, 0.2) is 5.69 Å². The van der Waals surface area contributed by atoms with Gasteiger partial charge in [0.05, 0.1) is 5.52 Å². The summed E-state index contributed by atoms with van der Waals surface area (Å²) in [6, 6.07) is 12.1. The lowest BCUT2D eigenvalue weighted by atomic mass is 9.97. The number of para-hydroxylation sites is 1. The zero-order valence-electron chi connectivity index (χ0n) is 17.7. The van der Waals surface area contributed by atoms with Crippen molar-refractivity contribution in [2.45, 2.75) is 44.8 Å². The molecule has 1 aliphatic heterocycles. The molecule has 3 atom stereocenters. The fraction of sp³-hybridized carbons (Fsp3) is 0.348. The number of fused-ring (bicyclic) bond motifs is 3. The van der Waals surface area contributed by atoms with Gasteiger partial charge in [-0.3, -0.25) is 19.1 Å². The molecule has 3 N–H and O–H groups in total. The first-order valence-corrected chi connectivity index (χ1v) is 10.7. The smallest absolute Gasteiger partial charge is 0.269 e. The Kier molecular flexibility index (Phi) is 4.88. The van der Waals surface area contributed by atoms with Crippen LogP contribution < -0.4 is 11.1 Å². The summed E-state index contributed by atoms with van der Waals surface area (Å²) in [5, 5.41) is 7.78. The number of nitrogens with zero attached hydrogens (tertiary/aromatic N) is 4. The number of hydrogen-bond donors (Lipinski definition) is 2. The third-order valence-corrected chi connectivity index (χ3v) is 6.46. The SMILES string of the molecule is Cc1cccc(NC(=O)[C@@H]2[C@H]3CC[C@H](C3)N2C(=O)Cn2nc(C(N)=O)c3ccccc32)n1. The second kappa shape index (κ2) is 7.74. The third-order valence-electron chi connectivity index (χ3n) is 6.46. The molecule has 3 amide bonds. The van der Waals surface area contributed by atoms with Gasteiger partial charge in [-0.05, 0) is 50.3 Å². The molecule has 2 aliphatic rings. The molecule has 2 bridgehead atoms. The number of likely N-dealkylation sites (tertiary alicyclic amines) is 1. The largest absolute Gasteiger partial charge is 0.364 e. The lowest BCUT2D eigenvalue weighted by molar-refractivity contribution is -0.141. The fourth-order valence-corrected chi connectivity index (χ4v) is 5.14. The first kappa shape index (κ1) is 20.2. The van der Waals surface area contributed by atoms with E-state index >= 15 is 0 Å². The standard InChI is InChI=1S/C23H24N6O3/c1-13-5-4-8-18(25-13)26-23(32)21-14-9-10-15(11-14)29(21)19(30)12-28-17-7-3-2-6-16(17)20(27-28)22(24)31/h2-8,14-15,21H,9-12H2,1H3,(H2,24,31)(H,25,26,32)/t14-,15+,21-/m0/s1. The lowest BCUT2D eigenvalue weighted by Gasteiger charge is -2.34. The van der Waals surface area contributed by atoms with Crippen LogP contribution in [0.5, 0.6) is 0 Å². The van der Waals surface area contributed by atoms with Gasteiger partial charge in [-0.15, -0.1) is 0 Å². The zero-order chi connectivity index (χ0) is 22.4. The van der Waals surface area contributed by atoms with Crippen LogP contribution in [0.1, 0.15) is 35.4 Å². The molecule has 1 aliphatic carbocycles. The van der Waals surface area contributed by atoms with Crippen molar-refractivity contribution >= 4 is 34.4 Å². The minimum atomic E-state index is -0.643. The van der Waals surface area contributed by atoms with E-state index in [9.17, 15) is 14.4 Å². The summed E-state index contributed by atoms with van der Waals surface area (Å²) >= 11 is 0. The quantitative estimate of drug-likeness (QED) is 0.637. The normalized spacial score (nSPS) is 21.8. The van der Waals surface area contributed by atoms with E-state index in [1.165, 1.54) is 4.68 Å². The van der Waals surface area contributed by atoms with Crippen molar-refractivity contribution < 1.29 is 14.4 Å². The van der Waals surface area contributed by atoms with Crippen molar-refractivity contribution in [2.24, 2.45) is 11.7 Å². The summed E-state index contributed by atoms with van der Waals surface area (Å²) in [7, 11) is 0. The molecule has 1 aromatic carbocycles. The number of pyridine rings is 1. The Morgan fingerprint density at radius 1 is 1.12 bits per heavy atom. The highest BCUT2D eigenvalue weighted by Gasteiger charge is 2.51. The van der Waals surface area contributed by atoms with E-state index in [4.69, 9.17) is 5.73 Å². The Hall–Kier alpha value is -3.75. The summed E-state index contributed by atoms with van der Waals surface area (Å²) in [6.07, 6.45) is 2.62. The van der Waals surface area contributed by atoms with Gasteiger partial charge in [0.1, 0.15) is 18.4 Å². The van der Waals surface area contributed by atoms with Crippen LogP contribution in [0.2, 0.25) is 0 Å². The summed E-state index contributed by atoms with van der Waals surface area (Å²) in [6.45, 7) is 1.79. The van der Waals surface area contributed by atoms with E-state index in [0.29, 0.717) is 16.7 Å². The number of amides is 3. The highest BCUT2D eigenvalue weighted by Crippen LogP contribution is 2.43. The molecule has 1 saturated heterocycles. The molecular formula is C23H24N6O3. The first-order valence-electron chi connectivity index (χ1n) is 10.7. The number of hydrogen-bond acceptors (Lipinski definition) is 5. The third kappa shape index (κ3) is 3.39. The Balaban J connectivity index is 1.41. The number of nitrogens with one attached hydrogen (secondary N) is 1. The summed E-state index contributed by atoms with van der Waals surface area (Å²) in [5.41, 5.74) is 7.07. The number of carbonyl (C=O) groups is 3. The van der Waals surface area contributed by atoms with Crippen LogP contribution in [0.15, 0.2) is 42.5 Å². The van der Waals surface area contributed by atoms with Crippen LogP contribution >= 0.6 is 0 Å². The monoisotopic (exact) mass is 432 g/mol. The number of piperidine rings is 1. The summed E-state index contributed by atoms with van der Waals surface area (Å²) in [4.78, 5) is 44.4. The topological polar surface area (TPSA) is 123 Å². The van der Waals surface area contributed by atoms with Crippen molar-refractivity contribution in [3.63, 3.8) is 0 Å². The number of aryl methyl sites for hydroxylation is 1. The van der Waals surface area contributed by atoms with E-state index < -0.39 is 11.9 Å². The average molecular weight is 432 g/mol. The molecule has 164 valence electrons. The maximum absolute atomic E-state index is 13.4. The zero-order valence-corrected chi connectivity index (χ0v) is 17.7. The number of anilines is 1. The molecule has 9 heteroatoms. The van der Waals surface area contributed by atoms with Crippen LogP contribution in [0.4, 0.5) is 5.82 Å². The highest BCUT2D eigenvalue weighted by atomic mass is 16.2. The van der Waals surface area contributed by atoms with Gasteiger partial charge >= 0.3 is 0 Å². The molecule has 0 radical (unpaired) electrons. The van der Waals surface area contributed by atoms with Crippen LogP contribution in [0, 0.1) is 12.8 Å². The van der Waals surface area contributed by atoms with Gasteiger partial charge in [-0.25, -0.2) is 4.98 Å². The Morgan fingerprint density at radius 3 is 2.72 bits per heavy atom. The van der Waals surface area contributed by atoms with Gasteiger partial charge in [0.25, 0.3) is 5.91 Å². The van der Waals surface area contributed by atoms with E-state index in [0.717, 1.165) is 25.0 Å². The molecule has 32 heavy (non-hydrogen) atoms. The molecule has 9 nitrogen and oxygen atoms in total. The summed E-state index contributed by atoms with van der Waals surface area (Å²) in [5.74, 6) is -0.445. The van der Waals surface area contributed by atoms with Crippen LogP contribution in [-0.2, 0) is 16.1 Å². The Labute approximate surface area is 184 Å². The number of nitrogens with two attached hydrogens (primary N) is 1. The minimum Gasteiger partial charge on any atom is -0.364 e. The minimum absolute atomic E-state index is 0.0335. The van der Waals surface area contributed by atoms with E-state index in [1.54, 1.807) is 29.2 Å². The molecule has 2 aromatic heterocycles. The molecule has 3 heterocycles. The van der Waals surface area contributed by atoms with Gasteiger partial charge in [-0.2, -0.15) is 5.10 Å². The van der Waals surface area contributed by atoms with Crippen molar-refractivity contribution in [3.8, 4) is 0 Å². The second-order valence-electron chi connectivity index (χ2n) is 8.51. The highest BCUT2D eigenvalue weighted by molar-refractivity contribution is 6.04. The Bertz CT molecular complexity index is 1240. The predicted molar refractivity (Wildman–Crippen MR) is 118 cm³/mol. The van der Waals surface area contributed by atoms with Gasteiger partial charge in [0.2, 0.25) is 11.8 Å². The van der Waals surface area contributed by atoms with Gasteiger partial charge in [0, 0.05) is 17.1 Å². The van der Waals surface area contributed by atoms with Crippen molar-refractivity contribution in [1.82, 2.24) is 19.7 Å². The molecule has 0 unspecified atom stereocenters. The average Bonchev–Trinajstić information content (AvgIpc) is 3.47.